The van der Waals surface area contributed by atoms with Crippen molar-refractivity contribution in [1.82, 2.24) is 19.5 Å². The molecule has 2 aliphatic rings. The van der Waals surface area contributed by atoms with Crippen LogP contribution in [0.25, 0.3) is 11.2 Å². The number of nitrogens with zero attached hydrogens (tertiary/aromatic N) is 4. The number of nitrogen functional groups attached to an aromatic ring is 1. The predicted octanol–water partition coefficient (Wildman–Crippen LogP) is -0.783. The number of aliphatic hydroxyl groups excluding tert-OH is 2. The maximum Gasteiger partial charge on any atom is 0.246 e. The molecule has 2 fully saturated rings. The molecule has 0 radical (unpaired) electrons. The van der Waals surface area contributed by atoms with E-state index in [-0.39, 0.29) is 18.4 Å². The number of anilines is 1. The predicted molar refractivity (Wildman–Crippen MR) is 81.2 cm³/mol. The first-order valence-electron chi connectivity index (χ1n) is 7.73. The van der Waals surface area contributed by atoms with Gasteiger partial charge in [0.05, 0.1) is 20.0 Å². The van der Waals surface area contributed by atoms with Crippen LogP contribution in [0.4, 0.5) is 5.95 Å². The molecule has 24 heavy (non-hydrogen) atoms. The first-order chi connectivity index (χ1) is 11.6. The largest absolute Gasteiger partial charge is 0.479 e. The molecule has 2 aromatic heterocycles. The third-order valence-electron chi connectivity index (χ3n) is 4.69. The molecule has 0 aromatic carbocycles. The Balaban J connectivity index is 1.86. The average molecular weight is 337 g/mol. The molecule has 0 bridgehead atoms. The fourth-order valence-corrected chi connectivity index (χ4v) is 3.59. The second-order valence-electron chi connectivity index (χ2n) is 5.98. The summed E-state index contributed by atoms with van der Waals surface area (Å²) in [4.78, 5) is 12.5. The first kappa shape index (κ1) is 15.5. The highest BCUT2D eigenvalue weighted by atomic mass is 16.6. The van der Waals surface area contributed by atoms with Gasteiger partial charge in [0.1, 0.15) is 17.8 Å². The smallest absolute Gasteiger partial charge is 0.246 e. The summed E-state index contributed by atoms with van der Waals surface area (Å²) in [6.07, 6.45) is 0.549. The molecule has 4 N–H and O–H groups in total. The molecule has 2 aliphatic heterocycles. The van der Waals surface area contributed by atoms with Crippen LogP contribution in [-0.4, -0.2) is 67.9 Å². The number of nitrogens with two attached hydrogens (primary N) is 1. The minimum atomic E-state index is -0.950. The van der Waals surface area contributed by atoms with Crippen LogP contribution in [0, 0.1) is 0 Å². The average Bonchev–Trinajstić information content (AvgIpc) is 3.28. The van der Waals surface area contributed by atoms with E-state index < -0.39 is 24.0 Å². The van der Waals surface area contributed by atoms with Crippen LogP contribution in [-0.2, 0) is 9.47 Å². The SMILES string of the molecule is COc1nc(N)nc2c1ncn2C1OC(CO)[C@@H](O)[C@]12CCCO2. The van der Waals surface area contributed by atoms with Crippen molar-refractivity contribution in [3.63, 3.8) is 0 Å². The number of ether oxygens (including phenoxy) is 3. The van der Waals surface area contributed by atoms with Gasteiger partial charge in [-0.3, -0.25) is 4.57 Å². The lowest BCUT2D eigenvalue weighted by Crippen LogP contribution is -2.46. The Labute approximate surface area is 137 Å². The van der Waals surface area contributed by atoms with Gasteiger partial charge in [-0.05, 0) is 12.8 Å². The Morgan fingerprint density at radius 3 is 3.00 bits per heavy atom. The van der Waals surface area contributed by atoms with Crippen LogP contribution in [0.3, 0.4) is 0 Å². The molecule has 2 aromatic rings. The van der Waals surface area contributed by atoms with Crippen molar-refractivity contribution in [1.29, 1.82) is 0 Å². The minimum absolute atomic E-state index is 0.0414. The molecular formula is C14H19N5O5. The summed E-state index contributed by atoms with van der Waals surface area (Å²) in [5.41, 5.74) is 5.65. The zero-order chi connectivity index (χ0) is 16.9. The maximum absolute atomic E-state index is 10.6. The number of rotatable bonds is 3. The fraction of sp³-hybridized carbons (Fsp3) is 0.643. The van der Waals surface area contributed by atoms with Gasteiger partial charge in [-0.1, -0.05) is 0 Å². The quantitative estimate of drug-likeness (QED) is 0.658. The van der Waals surface area contributed by atoms with E-state index in [0.29, 0.717) is 24.2 Å². The Hall–Kier alpha value is -2.01. The Kier molecular flexibility index (Phi) is 3.57. The lowest BCUT2D eigenvalue weighted by molar-refractivity contribution is -0.119. The van der Waals surface area contributed by atoms with Gasteiger partial charge in [0.25, 0.3) is 0 Å². The lowest BCUT2D eigenvalue weighted by Gasteiger charge is -2.31. The summed E-state index contributed by atoms with van der Waals surface area (Å²) in [5.74, 6) is 0.301. The minimum Gasteiger partial charge on any atom is -0.479 e. The highest BCUT2D eigenvalue weighted by Crippen LogP contribution is 2.48. The second-order valence-corrected chi connectivity index (χ2v) is 5.98. The van der Waals surface area contributed by atoms with Gasteiger partial charge in [-0.25, -0.2) is 4.98 Å². The number of aromatic nitrogens is 4. The van der Waals surface area contributed by atoms with Gasteiger partial charge < -0.3 is 30.2 Å². The van der Waals surface area contributed by atoms with Crippen molar-refractivity contribution in [2.75, 3.05) is 26.1 Å². The molecule has 4 heterocycles. The second kappa shape index (κ2) is 5.52. The molecule has 2 saturated heterocycles. The third-order valence-corrected chi connectivity index (χ3v) is 4.69. The first-order valence-corrected chi connectivity index (χ1v) is 7.73. The molecule has 4 atom stereocenters. The van der Waals surface area contributed by atoms with Crippen LogP contribution >= 0.6 is 0 Å². The van der Waals surface area contributed by atoms with Crippen LogP contribution < -0.4 is 10.5 Å². The summed E-state index contributed by atoms with van der Waals surface area (Å²) in [5, 5.41) is 20.1. The van der Waals surface area contributed by atoms with Gasteiger partial charge in [-0.2, -0.15) is 9.97 Å². The molecule has 10 nitrogen and oxygen atoms in total. The standard InChI is InChI=1S/C14H19N5O5/c1-22-11-8-10(17-13(15)18-11)19(6-16-8)12-14(3-2-4-23-14)9(21)7(5-20)24-12/h6-7,9,12,20-21H,2-5H2,1H3,(H2,15,17,18)/t7?,9-,12?,14-/m1/s1. The number of fused-ring (bicyclic) bond motifs is 1. The van der Waals surface area contributed by atoms with E-state index in [9.17, 15) is 10.2 Å². The number of hydrogen-bond acceptors (Lipinski definition) is 9. The van der Waals surface area contributed by atoms with E-state index in [1.165, 1.54) is 13.4 Å². The number of methoxy groups -OCH3 is 1. The molecule has 0 saturated carbocycles. The van der Waals surface area contributed by atoms with Crippen molar-refractivity contribution < 1.29 is 24.4 Å². The normalized spacial score (nSPS) is 32.9. The van der Waals surface area contributed by atoms with Crippen molar-refractivity contribution >= 4 is 17.1 Å². The number of aliphatic hydroxyl groups is 2. The number of hydrogen-bond donors (Lipinski definition) is 3. The summed E-state index contributed by atoms with van der Waals surface area (Å²) in [6.45, 7) is 0.206. The van der Waals surface area contributed by atoms with Gasteiger partial charge in [0.15, 0.2) is 17.4 Å². The summed E-state index contributed by atoms with van der Waals surface area (Å²) >= 11 is 0. The topological polar surface area (TPSA) is 138 Å². The van der Waals surface area contributed by atoms with Gasteiger partial charge in [0, 0.05) is 6.61 Å². The Morgan fingerprint density at radius 2 is 2.33 bits per heavy atom. The molecule has 0 aliphatic carbocycles. The summed E-state index contributed by atoms with van der Waals surface area (Å²) in [6, 6.07) is 0. The highest BCUT2D eigenvalue weighted by molar-refractivity contribution is 5.77. The van der Waals surface area contributed by atoms with Crippen molar-refractivity contribution in [2.24, 2.45) is 0 Å². The van der Waals surface area contributed by atoms with E-state index in [0.717, 1.165) is 6.42 Å². The molecular weight excluding hydrogens is 318 g/mol. The van der Waals surface area contributed by atoms with Crippen LogP contribution in [0.15, 0.2) is 6.33 Å². The summed E-state index contributed by atoms with van der Waals surface area (Å²) < 4.78 is 18.6. The lowest BCUT2D eigenvalue weighted by atomic mass is 9.91. The molecule has 10 heteroatoms. The number of imidazole rings is 1. The van der Waals surface area contributed by atoms with Crippen molar-refractivity contribution in [3.8, 4) is 5.88 Å². The van der Waals surface area contributed by atoms with Crippen LogP contribution in [0.2, 0.25) is 0 Å². The Morgan fingerprint density at radius 1 is 1.50 bits per heavy atom. The van der Waals surface area contributed by atoms with E-state index in [2.05, 4.69) is 15.0 Å². The van der Waals surface area contributed by atoms with Gasteiger partial charge in [-0.15, -0.1) is 0 Å². The zero-order valence-corrected chi connectivity index (χ0v) is 13.1. The molecule has 1 spiro atoms. The van der Waals surface area contributed by atoms with Gasteiger partial charge in [0.2, 0.25) is 11.8 Å². The van der Waals surface area contributed by atoms with E-state index in [1.807, 2.05) is 0 Å². The van der Waals surface area contributed by atoms with E-state index in [4.69, 9.17) is 19.9 Å². The molecule has 0 amide bonds. The molecule has 130 valence electrons. The molecule has 2 unspecified atom stereocenters. The maximum atomic E-state index is 10.6. The fourth-order valence-electron chi connectivity index (χ4n) is 3.59. The van der Waals surface area contributed by atoms with E-state index in [1.54, 1.807) is 4.57 Å². The van der Waals surface area contributed by atoms with Crippen molar-refractivity contribution in [3.05, 3.63) is 6.33 Å². The Bertz CT molecular complexity index is 759. The highest BCUT2D eigenvalue weighted by Gasteiger charge is 2.59. The third kappa shape index (κ3) is 2.00. The van der Waals surface area contributed by atoms with Crippen molar-refractivity contribution in [2.45, 2.75) is 36.9 Å². The van der Waals surface area contributed by atoms with Crippen LogP contribution in [0.5, 0.6) is 5.88 Å². The molecule has 4 rings (SSSR count). The zero-order valence-electron chi connectivity index (χ0n) is 13.1. The monoisotopic (exact) mass is 337 g/mol. The summed E-state index contributed by atoms with van der Waals surface area (Å²) in [7, 11) is 1.47. The van der Waals surface area contributed by atoms with Gasteiger partial charge >= 0.3 is 0 Å². The van der Waals surface area contributed by atoms with Crippen LogP contribution in [0.1, 0.15) is 19.1 Å². The van der Waals surface area contributed by atoms with E-state index >= 15 is 0 Å².